The smallest absolute Gasteiger partial charge is 0.301 e. The lowest BCUT2D eigenvalue weighted by Crippen LogP contribution is -2.34. The summed E-state index contributed by atoms with van der Waals surface area (Å²) in [6, 6.07) is 4.62. The number of benzene rings is 1. The standard InChI is InChI=1S/C11H7BrF3NO3/c12-7-3-1-2-6-8(7)16(10(18)9(6)17)4-5-19-11(13,14)15/h1-3H,4-5H2. The molecule has 0 unspecified atom stereocenters. The largest absolute Gasteiger partial charge is 0.522 e. The first-order chi connectivity index (χ1) is 8.81. The Balaban J connectivity index is 2.19. The van der Waals surface area contributed by atoms with Gasteiger partial charge in [-0.3, -0.25) is 14.3 Å². The van der Waals surface area contributed by atoms with Crippen LogP contribution in [0.3, 0.4) is 0 Å². The quantitative estimate of drug-likeness (QED) is 0.796. The molecule has 19 heavy (non-hydrogen) atoms. The van der Waals surface area contributed by atoms with Crippen LogP contribution in [0.4, 0.5) is 18.9 Å². The van der Waals surface area contributed by atoms with Crippen molar-refractivity contribution in [2.45, 2.75) is 6.36 Å². The van der Waals surface area contributed by atoms with Crippen molar-refractivity contribution in [2.24, 2.45) is 0 Å². The van der Waals surface area contributed by atoms with E-state index >= 15 is 0 Å². The summed E-state index contributed by atoms with van der Waals surface area (Å²) in [7, 11) is 0. The maximum atomic E-state index is 11.9. The molecule has 8 heteroatoms. The number of rotatable bonds is 3. The third-order valence-corrected chi connectivity index (χ3v) is 3.16. The van der Waals surface area contributed by atoms with Crippen molar-refractivity contribution in [1.82, 2.24) is 0 Å². The fourth-order valence-electron chi connectivity index (χ4n) is 1.78. The van der Waals surface area contributed by atoms with Crippen molar-refractivity contribution in [3.05, 3.63) is 28.2 Å². The van der Waals surface area contributed by atoms with E-state index in [0.29, 0.717) is 4.47 Å². The van der Waals surface area contributed by atoms with Gasteiger partial charge in [-0.25, -0.2) is 0 Å². The Bertz CT molecular complexity index is 544. The molecule has 0 saturated carbocycles. The predicted molar refractivity (Wildman–Crippen MR) is 62.8 cm³/mol. The number of carbonyl (C=O) groups excluding carboxylic acids is 2. The third-order valence-electron chi connectivity index (χ3n) is 2.52. The van der Waals surface area contributed by atoms with Crippen LogP contribution in [-0.2, 0) is 9.53 Å². The van der Waals surface area contributed by atoms with E-state index in [1.54, 1.807) is 12.1 Å². The second kappa shape index (κ2) is 4.93. The van der Waals surface area contributed by atoms with Crippen LogP contribution in [0.25, 0.3) is 0 Å². The molecule has 2 rings (SSSR count). The van der Waals surface area contributed by atoms with Gasteiger partial charge in [0, 0.05) is 4.47 Å². The summed E-state index contributed by atoms with van der Waals surface area (Å²) in [5.74, 6) is -1.59. The number of ketones is 1. The van der Waals surface area contributed by atoms with Crippen molar-refractivity contribution < 1.29 is 27.5 Å². The Hall–Kier alpha value is -1.41. The average molecular weight is 338 g/mol. The highest BCUT2D eigenvalue weighted by molar-refractivity contribution is 9.10. The van der Waals surface area contributed by atoms with Crippen molar-refractivity contribution >= 4 is 33.3 Å². The van der Waals surface area contributed by atoms with Crippen LogP contribution in [0.5, 0.6) is 0 Å². The van der Waals surface area contributed by atoms with Crippen molar-refractivity contribution in [2.75, 3.05) is 18.1 Å². The van der Waals surface area contributed by atoms with E-state index in [1.807, 2.05) is 0 Å². The maximum Gasteiger partial charge on any atom is 0.522 e. The summed E-state index contributed by atoms with van der Waals surface area (Å²) in [5, 5.41) is 0. The minimum Gasteiger partial charge on any atom is -0.301 e. The maximum absolute atomic E-state index is 11.9. The van der Waals surface area contributed by atoms with Gasteiger partial charge in [-0.1, -0.05) is 6.07 Å². The Morgan fingerprint density at radius 2 is 1.95 bits per heavy atom. The first-order valence-corrected chi connectivity index (χ1v) is 5.96. The molecule has 0 N–H and O–H groups in total. The van der Waals surface area contributed by atoms with Gasteiger partial charge in [0.05, 0.1) is 24.4 Å². The fourth-order valence-corrected chi connectivity index (χ4v) is 2.36. The summed E-state index contributed by atoms with van der Waals surface area (Å²) < 4.78 is 39.7. The van der Waals surface area contributed by atoms with E-state index < -0.39 is 24.7 Å². The van der Waals surface area contributed by atoms with Crippen molar-refractivity contribution in [1.29, 1.82) is 0 Å². The number of Topliss-reactive ketones (excluding diaryl/α,β-unsaturated/α-hetero) is 1. The lowest BCUT2D eigenvalue weighted by molar-refractivity contribution is -0.323. The number of amides is 1. The van der Waals surface area contributed by atoms with E-state index in [0.717, 1.165) is 4.90 Å². The SMILES string of the molecule is O=C1C(=O)N(CCOC(F)(F)F)c2c(Br)cccc21. The van der Waals surface area contributed by atoms with E-state index in [4.69, 9.17) is 0 Å². The number of carbonyl (C=O) groups is 2. The second-order valence-corrected chi connectivity index (χ2v) is 4.57. The Morgan fingerprint density at radius 3 is 2.58 bits per heavy atom. The first kappa shape index (κ1) is 14.0. The number of halogens is 4. The molecular formula is C11H7BrF3NO3. The van der Waals surface area contributed by atoms with Crippen LogP contribution < -0.4 is 4.90 Å². The molecule has 0 bridgehead atoms. The summed E-state index contributed by atoms with van der Waals surface area (Å²) >= 11 is 3.16. The lowest BCUT2D eigenvalue weighted by atomic mass is 10.1. The van der Waals surface area contributed by atoms with E-state index in [-0.39, 0.29) is 17.8 Å². The topological polar surface area (TPSA) is 46.6 Å². The van der Waals surface area contributed by atoms with E-state index in [9.17, 15) is 22.8 Å². The van der Waals surface area contributed by atoms with Crippen LogP contribution in [-0.4, -0.2) is 31.2 Å². The molecule has 0 atom stereocenters. The number of para-hydroxylation sites is 1. The molecule has 4 nitrogen and oxygen atoms in total. The van der Waals surface area contributed by atoms with Gasteiger partial charge in [0.2, 0.25) is 0 Å². The van der Waals surface area contributed by atoms with Crippen LogP contribution in [0, 0.1) is 0 Å². The van der Waals surface area contributed by atoms with Gasteiger partial charge in [0.25, 0.3) is 11.7 Å². The number of nitrogens with zero attached hydrogens (tertiary/aromatic N) is 1. The van der Waals surface area contributed by atoms with Crippen LogP contribution in [0.2, 0.25) is 0 Å². The molecule has 1 aromatic rings. The Labute approximate surface area is 114 Å². The average Bonchev–Trinajstić information content (AvgIpc) is 2.54. The van der Waals surface area contributed by atoms with Gasteiger partial charge in [-0.2, -0.15) is 0 Å². The summed E-state index contributed by atoms with van der Waals surface area (Å²) in [6.07, 6.45) is -4.76. The molecule has 1 aromatic carbocycles. The van der Waals surface area contributed by atoms with Crippen LogP contribution in [0.1, 0.15) is 10.4 Å². The number of alkyl halides is 3. The van der Waals surface area contributed by atoms with Gasteiger partial charge < -0.3 is 4.90 Å². The molecular weight excluding hydrogens is 331 g/mol. The molecule has 0 aromatic heterocycles. The molecule has 1 aliphatic rings. The minimum absolute atomic E-state index is 0.173. The van der Waals surface area contributed by atoms with E-state index in [2.05, 4.69) is 20.7 Å². The van der Waals surface area contributed by atoms with Gasteiger partial charge in [-0.15, -0.1) is 13.2 Å². The number of hydrogen-bond donors (Lipinski definition) is 0. The molecule has 0 fully saturated rings. The monoisotopic (exact) mass is 337 g/mol. The minimum atomic E-state index is -4.76. The number of anilines is 1. The van der Waals surface area contributed by atoms with Crippen LogP contribution in [0.15, 0.2) is 22.7 Å². The van der Waals surface area contributed by atoms with Gasteiger partial charge in [0.1, 0.15) is 0 Å². The highest BCUT2D eigenvalue weighted by Gasteiger charge is 2.38. The third kappa shape index (κ3) is 2.79. The number of hydrogen-bond acceptors (Lipinski definition) is 3. The fraction of sp³-hybridized carbons (Fsp3) is 0.273. The summed E-state index contributed by atoms with van der Waals surface area (Å²) in [4.78, 5) is 24.3. The predicted octanol–water partition coefficient (Wildman–Crippen LogP) is 2.51. The highest BCUT2D eigenvalue weighted by atomic mass is 79.9. The summed E-state index contributed by atoms with van der Waals surface area (Å²) in [5.41, 5.74) is 0.453. The lowest BCUT2D eigenvalue weighted by Gasteiger charge is -2.18. The number of ether oxygens (including phenoxy) is 1. The van der Waals surface area contributed by atoms with E-state index in [1.165, 1.54) is 6.07 Å². The number of fused-ring (bicyclic) bond motifs is 1. The zero-order valence-corrected chi connectivity index (χ0v) is 10.9. The normalized spacial score (nSPS) is 15.1. The Morgan fingerprint density at radius 1 is 1.26 bits per heavy atom. The van der Waals surface area contributed by atoms with Crippen molar-refractivity contribution in [3.63, 3.8) is 0 Å². The van der Waals surface area contributed by atoms with Gasteiger partial charge in [-0.05, 0) is 28.1 Å². The zero-order chi connectivity index (χ0) is 14.2. The summed E-state index contributed by atoms with van der Waals surface area (Å²) in [6.45, 7) is -1.08. The molecule has 102 valence electrons. The molecule has 1 amide bonds. The second-order valence-electron chi connectivity index (χ2n) is 3.72. The molecule has 1 aliphatic heterocycles. The van der Waals surface area contributed by atoms with Crippen LogP contribution >= 0.6 is 15.9 Å². The van der Waals surface area contributed by atoms with Gasteiger partial charge >= 0.3 is 6.36 Å². The molecule has 1 heterocycles. The molecule has 0 saturated heterocycles. The first-order valence-electron chi connectivity index (χ1n) is 5.16. The highest BCUT2D eigenvalue weighted by Crippen LogP contribution is 2.35. The molecule has 0 radical (unpaired) electrons. The molecule has 0 spiro atoms. The molecule has 0 aliphatic carbocycles. The zero-order valence-electron chi connectivity index (χ0n) is 9.33. The Kier molecular flexibility index (Phi) is 3.64. The van der Waals surface area contributed by atoms with Gasteiger partial charge in [0.15, 0.2) is 0 Å². The van der Waals surface area contributed by atoms with Crippen molar-refractivity contribution in [3.8, 4) is 0 Å².